The highest BCUT2D eigenvalue weighted by atomic mass is 16.5. The predicted molar refractivity (Wildman–Crippen MR) is 59.8 cm³/mol. The van der Waals surface area contributed by atoms with E-state index in [0.717, 1.165) is 19.6 Å². The summed E-state index contributed by atoms with van der Waals surface area (Å²) in [6.45, 7) is 9.75. The lowest BCUT2D eigenvalue weighted by molar-refractivity contribution is -0.183. The third kappa shape index (κ3) is 2.38. The average molecular weight is 214 g/mol. The van der Waals surface area contributed by atoms with E-state index in [4.69, 9.17) is 4.74 Å². The van der Waals surface area contributed by atoms with Crippen LogP contribution in [-0.4, -0.2) is 49.2 Å². The summed E-state index contributed by atoms with van der Waals surface area (Å²) in [6.07, 6.45) is 0.526. The molecule has 0 radical (unpaired) electrons. The minimum Gasteiger partial charge on any atom is -0.350 e. The second-order valence-electron chi connectivity index (χ2n) is 3.76. The first kappa shape index (κ1) is 12.6. The highest BCUT2D eigenvalue weighted by molar-refractivity contribution is 5.87. The van der Waals surface area contributed by atoms with E-state index < -0.39 is 5.72 Å². The summed E-state index contributed by atoms with van der Waals surface area (Å²) in [6, 6.07) is 0. The van der Waals surface area contributed by atoms with Gasteiger partial charge in [-0.25, -0.2) is 0 Å². The minimum atomic E-state index is -0.712. The van der Waals surface area contributed by atoms with Crippen LogP contribution in [0.5, 0.6) is 0 Å². The van der Waals surface area contributed by atoms with Crippen molar-refractivity contribution in [3.05, 3.63) is 0 Å². The summed E-state index contributed by atoms with van der Waals surface area (Å²) in [4.78, 5) is 14.1. The number of nitrogens with zero attached hydrogens (tertiary/aromatic N) is 1. The first-order valence-corrected chi connectivity index (χ1v) is 5.84. The molecule has 4 nitrogen and oxygen atoms in total. The normalized spacial score (nSPS) is 26.9. The molecule has 0 aromatic rings. The summed E-state index contributed by atoms with van der Waals surface area (Å²) in [5.74, 6) is 0.179. The van der Waals surface area contributed by atoms with Crippen molar-refractivity contribution < 1.29 is 9.53 Å². The monoisotopic (exact) mass is 214 g/mol. The second-order valence-corrected chi connectivity index (χ2v) is 3.76. The fourth-order valence-electron chi connectivity index (χ4n) is 2.17. The molecule has 0 saturated carbocycles. The van der Waals surface area contributed by atoms with E-state index in [1.165, 1.54) is 0 Å². The van der Waals surface area contributed by atoms with Gasteiger partial charge in [0, 0.05) is 19.5 Å². The number of Topliss-reactive ketones (excluding diaryl/α,β-unsaturated/α-hetero) is 1. The molecule has 1 aliphatic heterocycles. The summed E-state index contributed by atoms with van der Waals surface area (Å²) in [7, 11) is 0. The summed E-state index contributed by atoms with van der Waals surface area (Å²) in [5, 5.41) is 3.25. The molecule has 1 N–H and O–H groups in total. The van der Waals surface area contributed by atoms with Crippen LogP contribution in [0.4, 0.5) is 0 Å². The molecule has 1 fully saturated rings. The average Bonchev–Trinajstić information content (AvgIpc) is 2.30. The Hall–Kier alpha value is -0.450. The molecule has 1 rings (SSSR count). The maximum atomic E-state index is 12.0. The summed E-state index contributed by atoms with van der Waals surface area (Å²) >= 11 is 0. The molecule has 0 aliphatic carbocycles. The van der Waals surface area contributed by atoms with Crippen molar-refractivity contribution in [1.29, 1.82) is 0 Å². The lowest BCUT2D eigenvalue weighted by atomic mass is 10.0. The van der Waals surface area contributed by atoms with Gasteiger partial charge in [0.2, 0.25) is 0 Å². The zero-order valence-electron chi connectivity index (χ0n) is 10.0. The van der Waals surface area contributed by atoms with Gasteiger partial charge in [-0.05, 0) is 13.1 Å². The number of morpholine rings is 1. The maximum absolute atomic E-state index is 12.0. The lowest BCUT2D eigenvalue weighted by Crippen LogP contribution is -2.64. The van der Waals surface area contributed by atoms with Gasteiger partial charge in [0.15, 0.2) is 11.5 Å². The lowest BCUT2D eigenvalue weighted by Gasteiger charge is -2.44. The SMILES string of the molecule is CCC(=O)C1(N(CC)CC)CNCCO1. The van der Waals surface area contributed by atoms with E-state index in [-0.39, 0.29) is 5.78 Å². The first-order valence-electron chi connectivity index (χ1n) is 5.84. The fraction of sp³-hybridized carbons (Fsp3) is 0.909. The smallest absolute Gasteiger partial charge is 0.193 e. The molecule has 0 aromatic heterocycles. The Bertz CT molecular complexity index is 209. The topological polar surface area (TPSA) is 41.6 Å². The van der Waals surface area contributed by atoms with Crippen molar-refractivity contribution in [2.75, 3.05) is 32.8 Å². The second kappa shape index (κ2) is 5.58. The van der Waals surface area contributed by atoms with Gasteiger partial charge < -0.3 is 10.1 Å². The number of carbonyl (C=O) groups is 1. The van der Waals surface area contributed by atoms with Crippen molar-refractivity contribution in [3.8, 4) is 0 Å². The number of likely N-dealkylation sites (N-methyl/N-ethyl adjacent to an activating group) is 1. The van der Waals surface area contributed by atoms with Crippen molar-refractivity contribution >= 4 is 5.78 Å². The number of rotatable bonds is 5. The maximum Gasteiger partial charge on any atom is 0.193 e. The van der Waals surface area contributed by atoms with Gasteiger partial charge >= 0.3 is 0 Å². The molecule has 15 heavy (non-hydrogen) atoms. The Kier molecular flexibility index (Phi) is 4.70. The van der Waals surface area contributed by atoms with Crippen LogP contribution in [0.3, 0.4) is 0 Å². The van der Waals surface area contributed by atoms with Crippen molar-refractivity contribution in [1.82, 2.24) is 10.2 Å². The zero-order chi connectivity index (χ0) is 11.3. The van der Waals surface area contributed by atoms with Crippen LogP contribution in [0.2, 0.25) is 0 Å². The van der Waals surface area contributed by atoms with E-state index in [0.29, 0.717) is 19.6 Å². The van der Waals surface area contributed by atoms with Crippen LogP contribution in [0.25, 0.3) is 0 Å². The van der Waals surface area contributed by atoms with Gasteiger partial charge in [-0.3, -0.25) is 9.69 Å². The molecule has 88 valence electrons. The Balaban J connectivity index is 2.87. The Labute approximate surface area is 92.0 Å². The van der Waals surface area contributed by atoms with Gasteiger partial charge in [-0.1, -0.05) is 20.8 Å². The van der Waals surface area contributed by atoms with Crippen LogP contribution >= 0.6 is 0 Å². The number of carbonyl (C=O) groups excluding carboxylic acids is 1. The van der Waals surface area contributed by atoms with Crippen LogP contribution in [0.15, 0.2) is 0 Å². The van der Waals surface area contributed by atoms with E-state index in [1.54, 1.807) is 0 Å². The summed E-state index contributed by atoms with van der Waals surface area (Å²) in [5.41, 5.74) is -0.712. The van der Waals surface area contributed by atoms with Crippen LogP contribution < -0.4 is 5.32 Å². The standard InChI is InChI=1S/C11H22N2O2/c1-4-10(14)11(13(5-2)6-3)9-12-7-8-15-11/h12H,4-9H2,1-3H3. The fourth-order valence-corrected chi connectivity index (χ4v) is 2.17. The predicted octanol–water partition coefficient (Wildman–Crippen LogP) is 0.623. The third-order valence-electron chi connectivity index (χ3n) is 3.02. The van der Waals surface area contributed by atoms with E-state index in [9.17, 15) is 4.79 Å². The number of hydrogen-bond acceptors (Lipinski definition) is 4. The van der Waals surface area contributed by atoms with Crippen molar-refractivity contribution in [3.63, 3.8) is 0 Å². The highest BCUT2D eigenvalue weighted by Crippen LogP contribution is 2.21. The van der Waals surface area contributed by atoms with Crippen LogP contribution in [0.1, 0.15) is 27.2 Å². The zero-order valence-corrected chi connectivity index (χ0v) is 10.0. The number of nitrogens with one attached hydrogen (secondary N) is 1. The van der Waals surface area contributed by atoms with Gasteiger partial charge in [-0.15, -0.1) is 0 Å². The molecule has 0 spiro atoms. The molecule has 0 aromatic carbocycles. The van der Waals surface area contributed by atoms with Gasteiger partial charge in [0.05, 0.1) is 6.61 Å². The first-order chi connectivity index (χ1) is 7.21. The summed E-state index contributed by atoms with van der Waals surface area (Å²) < 4.78 is 5.78. The number of hydrogen-bond donors (Lipinski definition) is 1. The molecule has 4 heteroatoms. The van der Waals surface area contributed by atoms with E-state index >= 15 is 0 Å². The molecule has 1 aliphatic rings. The largest absolute Gasteiger partial charge is 0.350 e. The Morgan fingerprint density at radius 3 is 2.47 bits per heavy atom. The Morgan fingerprint density at radius 1 is 1.40 bits per heavy atom. The van der Waals surface area contributed by atoms with Gasteiger partial charge in [0.1, 0.15) is 0 Å². The van der Waals surface area contributed by atoms with E-state index in [1.807, 2.05) is 6.92 Å². The minimum absolute atomic E-state index is 0.179. The number of ketones is 1. The molecule has 0 amide bonds. The third-order valence-corrected chi connectivity index (χ3v) is 3.02. The molecule has 1 saturated heterocycles. The molecule has 1 atom stereocenters. The molecule has 1 heterocycles. The van der Waals surface area contributed by atoms with Crippen molar-refractivity contribution in [2.24, 2.45) is 0 Å². The molecular weight excluding hydrogens is 192 g/mol. The van der Waals surface area contributed by atoms with Crippen molar-refractivity contribution in [2.45, 2.75) is 32.9 Å². The number of ether oxygens (including phenoxy) is 1. The molecular formula is C11H22N2O2. The van der Waals surface area contributed by atoms with Crippen LogP contribution in [-0.2, 0) is 9.53 Å². The molecule has 1 unspecified atom stereocenters. The van der Waals surface area contributed by atoms with Gasteiger partial charge in [0.25, 0.3) is 0 Å². The quantitative estimate of drug-likeness (QED) is 0.728. The van der Waals surface area contributed by atoms with E-state index in [2.05, 4.69) is 24.1 Å². The Morgan fingerprint density at radius 2 is 2.07 bits per heavy atom. The highest BCUT2D eigenvalue weighted by Gasteiger charge is 2.43. The van der Waals surface area contributed by atoms with Gasteiger partial charge in [-0.2, -0.15) is 0 Å². The van der Waals surface area contributed by atoms with Crippen LogP contribution in [0, 0.1) is 0 Å². The molecule has 0 bridgehead atoms.